The first kappa shape index (κ1) is 29.4. The molecule has 2 heterocycles. The number of aromatic amines is 1. The van der Waals surface area contributed by atoms with Gasteiger partial charge in [0.25, 0.3) is 0 Å². The first-order valence-corrected chi connectivity index (χ1v) is 13.7. The van der Waals surface area contributed by atoms with Crippen LogP contribution >= 0.6 is 22.9 Å². The third kappa shape index (κ3) is 5.93. The number of aliphatic carboxylic acids is 1. The van der Waals surface area contributed by atoms with Gasteiger partial charge in [-0.05, 0) is 61.9 Å². The van der Waals surface area contributed by atoms with E-state index in [9.17, 15) is 27.5 Å². The van der Waals surface area contributed by atoms with Crippen LogP contribution in [-0.2, 0) is 29.6 Å². The molecule has 0 unspecified atom stereocenters. The zero-order valence-electron chi connectivity index (χ0n) is 22.2. The maximum absolute atomic E-state index is 14.3. The number of benzene rings is 3. The van der Waals surface area contributed by atoms with Crippen LogP contribution in [0.2, 0.25) is 5.02 Å². The van der Waals surface area contributed by atoms with Crippen LogP contribution in [0.4, 0.5) is 17.6 Å². The number of carboxylic acids is 1. The van der Waals surface area contributed by atoms with E-state index in [0.717, 1.165) is 17.6 Å². The molecule has 0 bridgehead atoms. The number of rotatable bonds is 9. The van der Waals surface area contributed by atoms with Gasteiger partial charge in [-0.2, -0.15) is 13.2 Å². The van der Waals surface area contributed by atoms with Gasteiger partial charge < -0.3 is 19.6 Å². The fraction of sp³-hybridized carbons (Fsp3) is 0.200. The second-order valence-electron chi connectivity index (χ2n) is 9.93. The SMILES string of the molecule is CC(C)(C(=O)O)c1c[nH]c2ccc(OCc3sc(-c4ccc(C(F)(F)F)cc4)nc3COc3c(F)cccc3Cl)cc12. The number of ether oxygens (including phenoxy) is 2. The largest absolute Gasteiger partial charge is 0.488 e. The van der Waals surface area contributed by atoms with Crippen LogP contribution < -0.4 is 9.47 Å². The van der Waals surface area contributed by atoms with Gasteiger partial charge in [-0.15, -0.1) is 11.3 Å². The highest BCUT2D eigenvalue weighted by Crippen LogP contribution is 2.36. The van der Waals surface area contributed by atoms with Gasteiger partial charge in [-0.25, -0.2) is 9.37 Å². The van der Waals surface area contributed by atoms with Gasteiger partial charge in [-0.1, -0.05) is 29.8 Å². The Kier molecular flexibility index (Phi) is 7.91. The van der Waals surface area contributed by atoms with E-state index in [0.29, 0.717) is 37.8 Å². The number of fused-ring (bicyclic) bond motifs is 1. The molecule has 3 aromatic carbocycles. The van der Waals surface area contributed by atoms with E-state index in [-0.39, 0.29) is 24.0 Å². The molecule has 0 aliphatic rings. The molecule has 0 fully saturated rings. The van der Waals surface area contributed by atoms with Crippen molar-refractivity contribution in [2.45, 2.75) is 38.7 Å². The smallest absolute Gasteiger partial charge is 0.416 e. The standard InChI is InChI=1S/C30H23ClF4N2O4S/c1-29(2,28(38)39)20-13-36-23-11-10-18(12-19(20)23)40-15-25-24(14-41-26-21(31)4-3-5-22(26)32)37-27(42-25)16-6-8-17(9-7-16)30(33,34)35/h3-13,36H,14-15H2,1-2H3,(H,38,39). The van der Waals surface area contributed by atoms with Crippen molar-refractivity contribution in [2.24, 2.45) is 0 Å². The monoisotopic (exact) mass is 618 g/mol. The average molecular weight is 619 g/mol. The number of nitrogens with one attached hydrogen (secondary N) is 1. The number of halogens is 5. The summed E-state index contributed by atoms with van der Waals surface area (Å²) in [5, 5.41) is 10.9. The lowest BCUT2D eigenvalue weighted by Gasteiger charge is -2.18. The maximum atomic E-state index is 14.3. The molecule has 0 spiro atoms. The van der Waals surface area contributed by atoms with Crippen LogP contribution in [-0.4, -0.2) is 21.0 Å². The number of H-pyrrole nitrogens is 1. The molecule has 0 saturated carbocycles. The Morgan fingerprint density at radius 2 is 1.79 bits per heavy atom. The predicted octanol–water partition coefficient (Wildman–Crippen LogP) is 8.62. The zero-order chi connectivity index (χ0) is 30.2. The summed E-state index contributed by atoms with van der Waals surface area (Å²) in [7, 11) is 0. The molecule has 5 aromatic rings. The van der Waals surface area contributed by atoms with E-state index in [2.05, 4.69) is 9.97 Å². The molecule has 2 aromatic heterocycles. The first-order valence-electron chi connectivity index (χ1n) is 12.6. The molecule has 218 valence electrons. The Bertz CT molecular complexity index is 1740. The molecule has 6 nitrogen and oxygen atoms in total. The Hall–Kier alpha value is -4.09. The zero-order valence-corrected chi connectivity index (χ0v) is 23.8. The van der Waals surface area contributed by atoms with Gasteiger partial charge in [0.1, 0.15) is 24.0 Å². The van der Waals surface area contributed by atoms with Crippen molar-refractivity contribution in [1.29, 1.82) is 0 Å². The number of alkyl halides is 3. The van der Waals surface area contributed by atoms with Crippen molar-refractivity contribution in [2.75, 3.05) is 0 Å². The van der Waals surface area contributed by atoms with Gasteiger partial charge in [0.05, 0.1) is 26.6 Å². The highest BCUT2D eigenvalue weighted by molar-refractivity contribution is 7.15. The molecule has 0 aliphatic carbocycles. The minimum Gasteiger partial charge on any atom is -0.488 e. The lowest BCUT2D eigenvalue weighted by molar-refractivity contribution is -0.142. The maximum Gasteiger partial charge on any atom is 0.416 e. The van der Waals surface area contributed by atoms with Gasteiger partial charge in [0, 0.05) is 22.7 Å². The van der Waals surface area contributed by atoms with Crippen molar-refractivity contribution >= 4 is 39.8 Å². The molecule has 0 amide bonds. The lowest BCUT2D eigenvalue weighted by atomic mass is 9.84. The number of para-hydroxylation sites is 1. The minimum atomic E-state index is -4.47. The second kappa shape index (κ2) is 11.3. The molecular formula is C30H23ClF4N2O4S. The summed E-state index contributed by atoms with van der Waals surface area (Å²) >= 11 is 7.29. The van der Waals surface area contributed by atoms with Crippen molar-refractivity contribution in [3.63, 3.8) is 0 Å². The highest BCUT2D eigenvalue weighted by Gasteiger charge is 2.32. The Morgan fingerprint density at radius 3 is 2.45 bits per heavy atom. The first-order chi connectivity index (χ1) is 19.8. The Morgan fingerprint density at radius 1 is 1.05 bits per heavy atom. The fourth-order valence-electron chi connectivity index (χ4n) is 4.27. The fourth-order valence-corrected chi connectivity index (χ4v) is 5.47. The molecule has 42 heavy (non-hydrogen) atoms. The number of hydrogen-bond donors (Lipinski definition) is 2. The summed E-state index contributed by atoms with van der Waals surface area (Å²) in [6, 6.07) is 14.0. The van der Waals surface area contributed by atoms with Gasteiger partial charge >= 0.3 is 12.1 Å². The molecule has 0 radical (unpaired) electrons. The number of thiazole rings is 1. The lowest BCUT2D eigenvalue weighted by Crippen LogP contribution is -2.28. The summed E-state index contributed by atoms with van der Waals surface area (Å²) in [5.74, 6) is -1.33. The number of carboxylic acid groups (broad SMARTS) is 1. The van der Waals surface area contributed by atoms with E-state index in [4.69, 9.17) is 21.1 Å². The van der Waals surface area contributed by atoms with Crippen LogP contribution in [0.25, 0.3) is 21.5 Å². The topological polar surface area (TPSA) is 84.4 Å². The summed E-state index contributed by atoms with van der Waals surface area (Å²) < 4.78 is 65.2. The van der Waals surface area contributed by atoms with E-state index in [1.165, 1.54) is 41.7 Å². The minimum absolute atomic E-state index is 0.00951. The highest BCUT2D eigenvalue weighted by atomic mass is 35.5. The molecule has 12 heteroatoms. The van der Waals surface area contributed by atoms with Crippen molar-refractivity contribution < 1.29 is 36.9 Å². The van der Waals surface area contributed by atoms with Crippen LogP contribution in [0.15, 0.2) is 66.9 Å². The number of carbonyl (C=O) groups is 1. The number of aromatic nitrogens is 2. The van der Waals surface area contributed by atoms with Gasteiger partial charge in [-0.3, -0.25) is 4.79 Å². The second-order valence-corrected chi connectivity index (χ2v) is 11.4. The quantitative estimate of drug-likeness (QED) is 0.162. The van der Waals surface area contributed by atoms with Crippen molar-refractivity contribution in [3.05, 3.63) is 99.4 Å². The summed E-state index contributed by atoms with van der Waals surface area (Å²) in [4.78, 5) is 20.1. The third-order valence-electron chi connectivity index (χ3n) is 6.74. The van der Waals surface area contributed by atoms with Crippen LogP contribution in [0.3, 0.4) is 0 Å². The van der Waals surface area contributed by atoms with E-state index in [1.807, 2.05) is 0 Å². The summed E-state index contributed by atoms with van der Waals surface area (Å²) in [5.41, 5.74) is 0.250. The summed E-state index contributed by atoms with van der Waals surface area (Å²) in [6.07, 6.45) is -2.82. The average Bonchev–Trinajstić information content (AvgIpc) is 3.55. The van der Waals surface area contributed by atoms with E-state index >= 15 is 0 Å². The van der Waals surface area contributed by atoms with Crippen LogP contribution in [0.5, 0.6) is 11.5 Å². The van der Waals surface area contributed by atoms with Crippen LogP contribution in [0.1, 0.15) is 35.5 Å². The molecule has 2 N–H and O–H groups in total. The molecule has 0 atom stereocenters. The van der Waals surface area contributed by atoms with Crippen molar-refractivity contribution in [3.8, 4) is 22.1 Å². The molecule has 0 saturated heterocycles. The van der Waals surface area contributed by atoms with Gasteiger partial charge in [0.15, 0.2) is 11.6 Å². The molecular weight excluding hydrogens is 596 g/mol. The summed E-state index contributed by atoms with van der Waals surface area (Å²) in [6.45, 7) is 3.05. The Balaban J connectivity index is 1.44. The molecule has 5 rings (SSSR count). The normalized spacial score (nSPS) is 12.1. The van der Waals surface area contributed by atoms with Crippen LogP contribution in [0, 0.1) is 5.82 Å². The Labute approximate surface area is 246 Å². The van der Waals surface area contributed by atoms with Gasteiger partial charge in [0.2, 0.25) is 0 Å². The number of hydrogen-bond acceptors (Lipinski definition) is 5. The van der Waals surface area contributed by atoms with E-state index in [1.54, 1.807) is 38.2 Å². The third-order valence-corrected chi connectivity index (χ3v) is 8.16. The molecule has 0 aliphatic heterocycles. The van der Waals surface area contributed by atoms with Crippen molar-refractivity contribution in [1.82, 2.24) is 9.97 Å². The number of nitrogens with zero attached hydrogens (tertiary/aromatic N) is 1. The van der Waals surface area contributed by atoms with E-state index < -0.39 is 28.9 Å². The predicted molar refractivity (Wildman–Crippen MR) is 152 cm³/mol.